The third-order valence-electron chi connectivity index (χ3n) is 2.51. The molecule has 0 atom stereocenters. The molecule has 0 spiro atoms. The second-order valence-corrected chi connectivity index (χ2v) is 4.34. The van der Waals surface area contributed by atoms with Crippen molar-refractivity contribution in [2.75, 3.05) is 0 Å². The molecule has 94 valence electrons. The molecular formula is C12H12ClN3O2. The van der Waals surface area contributed by atoms with Gasteiger partial charge < -0.3 is 5.32 Å². The molecule has 0 aliphatic carbocycles. The van der Waals surface area contributed by atoms with E-state index < -0.39 is 0 Å². The van der Waals surface area contributed by atoms with Gasteiger partial charge in [-0.2, -0.15) is 5.10 Å². The summed E-state index contributed by atoms with van der Waals surface area (Å²) in [5, 5.41) is 7.08. The first-order chi connectivity index (χ1) is 8.65. The Morgan fingerprint density at radius 1 is 1.44 bits per heavy atom. The Labute approximate surface area is 109 Å². The SMILES string of the molecule is O=C1CCC(C(=O)NCc2cccc(Cl)c2)=NN1. The van der Waals surface area contributed by atoms with E-state index >= 15 is 0 Å². The number of nitrogens with zero attached hydrogens (tertiary/aromatic N) is 1. The second-order valence-electron chi connectivity index (χ2n) is 3.91. The lowest BCUT2D eigenvalue weighted by atomic mass is 10.1. The third kappa shape index (κ3) is 3.30. The van der Waals surface area contributed by atoms with Crippen LogP contribution in [0.3, 0.4) is 0 Å². The van der Waals surface area contributed by atoms with Crippen molar-refractivity contribution in [2.24, 2.45) is 5.10 Å². The molecule has 18 heavy (non-hydrogen) atoms. The van der Waals surface area contributed by atoms with Gasteiger partial charge in [-0.3, -0.25) is 9.59 Å². The van der Waals surface area contributed by atoms with Crippen LogP contribution in [0.4, 0.5) is 0 Å². The summed E-state index contributed by atoms with van der Waals surface area (Å²) in [6.45, 7) is 0.381. The summed E-state index contributed by atoms with van der Waals surface area (Å²) in [5.41, 5.74) is 3.54. The van der Waals surface area contributed by atoms with Crippen molar-refractivity contribution in [3.05, 3.63) is 34.9 Å². The minimum Gasteiger partial charge on any atom is -0.347 e. The molecule has 1 aliphatic heterocycles. The van der Waals surface area contributed by atoms with Crippen LogP contribution in [-0.4, -0.2) is 17.5 Å². The molecule has 0 saturated heterocycles. The van der Waals surface area contributed by atoms with Crippen molar-refractivity contribution >= 4 is 29.1 Å². The molecule has 0 unspecified atom stereocenters. The molecular weight excluding hydrogens is 254 g/mol. The Bertz CT molecular complexity index is 514. The minimum atomic E-state index is -0.269. The van der Waals surface area contributed by atoms with E-state index in [9.17, 15) is 9.59 Å². The number of halogens is 1. The van der Waals surface area contributed by atoms with Gasteiger partial charge in [-0.05, 0) is 17.7 Å². The number of hydrogen-bond donors (Lipinski definition) is 2. The molecule has 0 bridgehead atoms. The summed E-state index contributed by atoms with van der Waals surface area (Å²) in [6.07, 6.45) is 0.663. The lowest BCUT2D eigenvalue weighted by Gasteiger charge is -2.12. The first-order valence-electron chi connectivity index (χ1n) is 5.53. The van der Waals surface area contributed by atoms with Crippen LogP contribution in [0, 0.1) is 0 Å². The number of nitrogens with one attached hydrogen (secondary N) is 2. The first-order valence-corrected chi connectivity index (χ1v) is 5.91. The summed E-state index contributed by atoms with van der Waals surface area (Å²) in [5.74, 6) is -0.434. The Kier molecular flexibility index (Phi) is 3.94. The second kappa shape index (κ2) is 5.64. The van der Waals surface area contributed by atoms with Crippen molar-refractivity contribution in [3.63, 3.8) is 0 Å². The van der Waals surface area contributed by atoms with Gasteiger partial charge in [0.2, 0.25) is 5.91 Å². The van der Waals surface area contributed by atoms with E-state index in [1.165, 1.54) is 0 Å². The number of amides is 2. The number of hydrogen-bond acceptors (Lipinski definition) is 3. The van der Waals surface area contributed by atoms with Crippen LogP contribution >= 0.6 is 11.6 Å². The molecule has 0 saturated carbocycles. The number of hydrazone groups is 1. The van der Waals surface area contributed by atoms with Crippen molar-refractivity contribution in [2.45, 2.75) is 19.4 Å². The molecule has 6 heteroatoms. The summed E-state index contributed by atoms with van der Waals surface area (Å²) in [7, 11) is 0. The number of benzene rings is 1. The maximum atomic E-state index is 11.7. The average Bonchev–Trinajstić information content (AvgIpc) is 2.37. The topological polar surface area (TPSA) is 70.6 Å². The maximum Gasteiger partial charge on any atom is 0.267 e. The van der Waals surface area contributed by atoms with Crippen molar-refractivity contribution < 1.29 is 9.59 Å². The van der Waals surface area contributed by atoms with E-state index in [2.05, 4.69) is 15.8 Å². The molecule has 2 amide bonds. The molecule has 0 fully saturated rings. The van der Waals surface area contributed by atoms with E-state index in [1.54, 1.807) is 12.1 Å². The zero-order valence-corrected chi connectivity index (χ0v) is 10.3. The summed E-state index contributed by atoms with van der Waals surface area (Å²) < 4.78 is 0. The fraction of sp³-hybridized carbons (Fsp3) is 0.250. The first kappa shape index (κ1) is 12.6. The molecule has 2 rings (SSSR count). The lowest BCUT2D eigenvalue weighted by Crippen LogP contribution is -2.36. The van der Waals surface area contributed by atoms with Gasteiger partial charge in [-0.25, -0.2) is 5.43 Å². The summed E-state index contributed by atoms with van der Waals surface area (Å²) >= 11 is 5.84. The molecule has 1 aromatic carbocycles. The Morgan fingerprint density at radius 2 is 2.28 bits per heavy atom. The monoisotopic (exact) mass is 265 g/mol. The molecule has 0 aromatic heterocycles. The van der Waals surface area contributed by atoms with Gasteiger partial charge >= 0.3 is 0 Å². The Hall–Kier alpha value is -1.88. The fourth-order valence-corrected chi connectivity index (χ4v) is 1.78. The van der Waals surface area contributed by atoms with E-state index in [0.29, 0.717) is 30.1 Å². The quantitative estimate of drug-likeness (QED) is 0.863. The van der Waals surface area contributed by atoms with E-state index in [1.807, 2.05) is 12.1 Å². The van der Waals surface area contributed by atoms with Crippen molar-refractivity contribution in [1.29, 1.82) is 0 Å². The lowest BCUT2D eigenvalue weighted by molar-refractivity contribution is -0.121. The number of carbonyl (C=O) groups is 2. The van der Waals surface area contributed by atoms with Gasteiger partial charge in [-0.15, -0.1) is 0 Å². The largest absolute Gasteiger partial charge is 0.347 e. The highest BCUT2D eigenvalue weighted by Crippen LogP contribution is 2.10. The van der Waals surface area contributed by atoms with Gasteiger partial charge in [0, 0.05) is 24.4 Å². The van der Waals surface area contributed by atoms with Gasteiger partial charge in [0.15, 0.2) is 0 Å². The van der Waals surface area contributed by atoms with E-state index in [-0.39, 0.29) is 11.8 Å². The van der Waals surface area contributed by atoms with E-state index in [4.69, 9.17) is 11.6 Å². The van der Waals surface area contributed by atoms with Gasteiger partial charge in [0.25, 0.3) is 5.91 Å². The van der Waals surface area contributed by atoms with Gasteiger partial charge in [0.05, 0.1) is 0 Å². The van der Waals surface area contributed by atoms with Crippen molar-refractivity contribution in [1.82, 2.24) is 10.7 Å². The Morgan fingerprint density at radius 3 is 2.94 bits per heavy atom. The highest BCUT2D eigenvalue weighted by molar-refractivity contribution is 6.39. The van der Waals surface area contributed by atoms with Gasteiger partial charge in [0.1, 0.15) is 5.71 Å². The standard InChI is InChI=1S/C12H12ClN3O2/c13-9-3-1-2-8(6-9)7-14-12(18)10-4-5-11(17)16-15-10/h1-3,6H,4-5,7H2,(H,14,18)(H,16,17). The molecule has 0 radical (unpaired) electrons. The van der Waals surface area contributed by atoms with Crippen LogP contribution in [0.15, 0.2) is 29.4 Å². The minimum absolute atomic E-state index is 0.165. The maximum absolute atomic E-state index is 11.7. The Balaban J connectivity index is 1.91. The predicted molar refractivity (Wildman–Crippen MR) is 68.1 cm³/mol. The van der Waals surface area contributed by atoms with Crippen LogP contribution < -0.4 is 10.7 Å². The zero-order chi connectivity index (χ0) is 13.0. The van der Waals surface area contributed by atoms with Crippen LogP contribution in [0.25, 0.3) is 0 Å². The normalized spacial score (nSPS) is 14.7. The number of carbonyl (C=O) groups excluding carboxylic acids is 2. The summed E-state index contributed by atoms with van der Waals surface area (Å²) in [6, 6.07) is 7.25. The van der Waals surface area contributed by atoms with Crippen LogP contribution in [0.2, 0.25) is 5.02 Å². The van der Waals surface area contributed by atoms with Crippen LogP contribution in [0.5, 0.6) is 0 Å². The molecule has 1 heterocycles. The highest BCUT2D eigenvalue weighted by Gasteiger charge is 2.17. The van der Waals surface area contributed by atoms with Crippen LogP contribution in [0.1, 0.15) is 18.4 Å². The smallest absolute Gasteiger partial charge is 0.267 e. The van der Waals surface area contributed by atoms with Crippen LogP contribution in [-0.2, 0) is 16.1 Å². The predicted octanol–water partition coefficient (Wildman–Crippen LogP) is 1.22. The summed E-state index contributed by atoms with van der Waals surface area (Å²) in [4.78, 5) is 22.6. The molecule has 1 aliphatic rings. The molecule has 1 aromatic rings. The zero-order valence-electron chi connectivity index (χ0n) is 9.57. The fourth-order valence-electron chi connectivity index (χ4n) is 1.57. The molecule has 5 nitrogen and oxygen atoms in total. The highest BCUT2D eigenvalue weighted by atomic mass is 35.5. The van der Waals surface area contributed by atoms with Crippen molar-refractivity contribution in [3.8, 4) is 0 Å². The van der Waals surface area contributed by atoms with E-state index in [0.717, 1.165) is 5.56 Å². The number of rotatable bonds is 3. The average molecular weight is 266 g/mol. The third-order valence-corrected chi connectivity index (χ3v) is 2.74. The van der Waals surface area contributed by atoms with Gasteiger partial charge in [-0.1, -0.05) is 23.7 Å². The molecule has 2 N–H and O–H groups in total.